The average Bonchev–Trinajstić information content (AvgIpc) is 3.36. The Labute approximate surface area is 146 Å². The van der Waals surface area contributed by atoms with Gasteiger partial charge in [-0.15, -0.1) is 0 Å². The summed E-state index contributed by atoms with van der Waals surface area (Å²) in [6.07, 6.45) is 6.67. The van der Waals surface area contributed by atoms with Crippen molar-refractivity contribution in [3.8, 4) is 11.5 Å². The number of fused-ring (bicyclic) bond motifs is 1. The predicted octanol–water partition coefficient (Wildman–Crippen LogP) is 2.91. The fraction of sp³-hybridized carbons (Fsp3) is 0.474. The summed E-state index contributed by atoms with van der Waals surface area (Å²) in [7, 11) is 0. The zero-order valence-corrected chi connectivity index (χ0v) is 14.6. The van der Waals surface area contributed by atoms with Gasteiger partial charge in [-0.05, 0) is 38.8 Å². The van der Waals surface area contributed by atoms with Crippen LogP contribution < -0.4 is 20.3 Å². The molecule has 132 valence electrons. The molecule has 2 heterocycles. The minimum absolute atomic E-state index is 0.0611. The molecule has 4 rings (SSSR count). The fourth-order valence-electron chi connectivity index (χ4n) is 3.27. The second-order valence-corrected chi connectivity index (χ2v) is 6.71. The molecule has 1 aromatic carbocycles. The Morgan fingerprint density at radius 1 is 1.40 bits per heavy atom. The molecule has 0 unspecified atom stereocenters. The second kappa shape index (κ2) is 6.43. The lowest BCUT2D eigenvalue weighted by Crippen LogP contribution is -2.23. The molecular formula is C19H23N3O3. The number of ether oxygens (including phenoxy) is 2. The zero-order valence-electron chi connectivity index (χ0n) is 14.6. The summed E-state index contributed by atoms with van der Waals surface area (Å²) >= 11 is 0. The first-order chi connectivity index (χ1) is 12.2. The first-order valence-electron chi connectivity index (χ1n) is 8.92. The summed E-state index contributed by atoms with van der Waals surface area (Å²) in [4.78, 5) is 16.7. The summed E-state index contributed by atoms with van der Waals surface area (Å²) in [6.45, 7) is 5.10. The van der Waals surface area contributed by atoms with E-state index >= 15 is 0 Å². The summed E-state index contributed by atoms with van der Waals surface area (Å²) in [5.41, 5.74) is 2.08. The van der Waals surface area contributed by atoms with Gasteiger partial charge < -0.3 is 19.4 Å². The number of rotatable bonds is 6. The van der Waals surface area contributed by atoms with Crippen molar-refractivity contribution in [2.24, 2.45) is 0 Å². The van der Waals surface area contributed by atoms with Crippen LogP contribution in [0.3, 0.4) is 0 Å². The highest BCUT2D eigenvalue weighted by molar-refractivity contribution is 5.50. The number of nitrogens with one attached hydrogen (secondary N) is 1. The Morgan fingerprint density at radius 3 is 3.00 bits per heavy atom. The van der Waals surface area contributed by atoms with Gasteiger partial charge in [-0.2, -0.15) is 0 Å². The van der Waals surface area contributed by atoms with Crippen LogP contribution in [0.25, 0.3) is 0 Å². The second-order valence-electron chi connectivity index (χ2n) is 6.71. The van der Waals surface area contributed by atoms with Gasteiger partial charge >= 0.3 is 0 Å². The van der Waals surface area contributed by atoms with Crippen LogP contribution in [0.4, 0.5) is 5.82 Å². The van der Waals surface area contributed by atoms with E-state index in [0.717, 1.165) is 36.3 Å². The number of hydrogen-bond donors (Lipinski definition) is 1. The molecule has 1 saturated carbocycles. The highest BCUT2D eigenvalue weighted by Gasteiger charge is 2.25. The molecule has 0 bridgehead atoms. The zero-order chi connectivity index (χ0) is 17.4. The summed E-state index contributed by atoms with van der Waals surface area (Å²) in [5.74, 6) is 2.13. The van der Waals surface area contributed by atoms with Crippen molar-refractivity contribution in [2.45, 2.75) is 51.8 Å². The Balaban J connectivity index is 1.58. The van der Waals surface area contributed by atoms with E-state index < -0.39 is 0 Å². The van der Waals surface area contributed by atoms with Gasteiger partial charge in [0, 0.05) is 42.5 Å². The smallest absolute Gasteiger partial charge is 0.293 e. The van der Waals surface area contributed by atoms with Crippen LogP contribution in [-0.2, 0) is 13.0 Å². The number of anilines is 1. The summed E-state index contributed by atoms with van der Waals surface area (Å²) in [5, 5.41) is 3.17. The molecule has 1 fully saturated rings. The molecule has 0 amide bonds. The molecule has 2 aliphatic rings. The number of hydrogen-bond acceptors (Lipinski definition) is 5. The molecule has 1 aliphatic carbocycles. The van der Waals surface area contributed by atoms with Crippen LogP contribution in [0.5, 0.6) is 11.5 Å². The quantitative estimate of drug-likeness (QED) is 0.875. The van der Waals surface area contributed by atoms with Gasteiger partial charge in [0.2, 0.25) is 0 Å². The van der Waals surface area contributed by atoms with Gasteiger partial charge in [0.15, 0.2) is 5.82 Å². The van der Waals surface area contributed by atoms with Gasteiger partial charge in [0.25, 0.3) is 5.56 Å². The van der Waals surface area contributed by atoms with Crippen molar-refractivity contribution in [3.63, 3.8) is 0 Å². The topological polar surface area (TPSA) is 65.4 Å². The third-order valence-electron chi connectivity index (χ3n) is 4.63. The minimum Gasteiger partial charge on any atom is -0.494 e. The Morgan fingerprint density at radius 2 is 2.24 bits per heavy atom. The lowest BCUT2D eigenvalue weighted by atomic mass is 10.1. The van der Waals surface area contributed by atoms with Crippen molar-refractivity contribution in [3.05, 3.63) is 46.0 Å². The number of aromatic nitrogens is 2. The monoisotopic (exact) mass is 341 g/mol. The van der Waals surface area contributed by atoms with Crippen molar-refractivity contribution in [1.29, 1.82) is 0 Å². The highest BCUT2D eigenvalue weighted by atomic mass is 16.5. The van der Waals surface area contributed by atoms with E-state index in [4.69, 9.17) is 9.47 Å². The largest absolute Gasteiger partial charge is 0.494 e. The van der Waals surface area contributed by atoms with E-state index in [-0.39, 0.29) is 11.7 Å². The summed E-state index contributed by atoms with van der Waals surface area (Å²) < 4.78 is 13.4. The molecule has 0 spiro atoms. The maximum Gasteiger partial charge on any atom is 0.293 e. The first-order valence-corrected chi connectivity index (χ1v) is 8.92. The molecule has 0 saturated heterocycles. The lowest BCUT2D eigenvalue weighted by molar-refractivity contribution is 0.254. The highest BCUT2D eigenvalue weighted by Crippen LogP contribution is 2.35. The van der Waals surface area contributed by atoms with E-state index in [1.54, 1.807) is 17.0 Å². The molecule has 6 heteroatoms. The van der Waals surface area contributed by atoms with Crippen molar-refractivity contribution in [2.75, 3.05) is 11.9 Å². The Kier molecular flexibility index (Phi) is 4.11. The molecule has 0 radical (unpaired) electrons. The van der Waals surface area contributed by atoms with Gasteiger partial charge in [-0.1, -0.05) is 0 Å². The first kappa shape index (κ1) is 16.0. The molecule has 1 aromatic heterocycles. The normalized spacial score (nSPS) is 18.6. The summed E-state index contributed by atoms with van der Waals surface area (Å²) in [6, 6.07) is 4.41. The minimum atomic E-state index is -0.0611. The third-order valence-corrected chi connectivity index (χ3v) is 4.63. The maximum atomic E-state index is 12.5. The van der Waals surface area contributed by atoms with Crippen LogP contribution >= 0.6 is 0 Å². The van der Waals surface area contributed by atoms with E-state index in [1.165, 1.54) is 5.56 Å². The molecule has 1 N–H and O–H groups in total. The van der Waals surface area contributed by atoms with Crippen LogP contribution in [0.15, 0.2) is 29.3 Å². The Hall–Kier alpha value is -2.50. The van der Waals surface area contributed by atoms with Crippen LogP contribution in [-0.4, -0.2) is 22.3 Å². The van der Waals surface area contributed by atoms with Gasteiger partial charge in [-0.25, -0.2) is 4.98 Å². The third kappa shape index (κ3) is 3.21. The molecule has 25 heavy (non-hydrogen) atoms. The van der Waals surface area contributed by atoms with Crippen molar-refractivity contribution in [1.82, 2.24) is 9.55 Å². The van der Waals surface area contributed by atoms with Crippen LogP contribution in [0, 0.1) is 0 Å². The maximum absolute atomic E-state index is 12.5. The SMILES string of the molecule is CCOc1cc2c(cc1CNc1nccn(C3CC3)c1=O)O[C@@H](C)C2. The van der Waals surface area contributed by atoms with Gasteiger partial charge in [0.05, 0.1) is 6.61 Å². The molecule has 2 aromatic rings. The average molecular weight is 341 g/mol. The molecular weight excluding hydrogens is 318 g/mol. The van der Waals surface area contributed by atoms with Crippen molar-refractivity contribution < 1.29 is 9.47 Å². The van der Waals surface area contributed by atoms with E-state index in [1.807, 2.05) is 13.0 Å². The number of nitrogens with zero attached hydrogens (tertiary/aromatic N) is 2. The predicted molar refractivity (Wildman–Crippen MR) is 95.5 cm³/mol. The lowest BCUT2D eigenvalue weighted by Gasteiger charge is -2.14. The fourth-order valence-corrected chi connectivity index (χ4v) is 3.27. The van der Waals surface area contributed by atoms with E-state index in [0.29, 0.717) is 25.0 Å². The van der Waals surface area contributed by atoms with Crippen LogP contribution in [0.2, 0.25) is 0 Å². The number of benzene rings is 1. The molecule has 6 nitrogen and oxygen atoms in total. The van der Waals surface area contributed by atoms with Gasteiger partial charge in [0.1, 0.15) is 17.6 Å². The van der Waals surface area contributed by atoms with E-state index in [9.17, 15) is 4.79 Å². The van der Waals surface area contributed by atoms with E-state index in [2.05, 4.69) is 23.3 Å². The molecule has 1 aliphatic heterocycles. The van der Waals surface area contributed by atoms with Crippen molar-refractivity contribution >= 4 is 5.82 Å². The molecule has 1 atom stereocenters. The van der Waals surface area contributed by atoms with Gasteiger partial charge in [-0.3, -0.25) is 4.79 Å². The Bertz CT molecular complexity index is 842. The van der Waals surface area contributed by atoms with Crippen LogP contribution in [0.1, 0.15) is 43.9 Å². The standard InChI is InChI=1S/C19H23N3O3/c1-3-24-16-9-13-8-12(2)25-17(13)10-14(16)11-21-18-19(23)22(7-6-20-18)15-4-5-15/h6-7,9-10,12,15H,3-5,8,11H2,1-2H3,(H,20,21)/t12-/m0/s1.